The Bertz CT molecular complexity index is 1010. The van der Waals surface area contributed by atoms with Crippen LogP contribution in [0.5, 0.6) is 0 Å². The van der Waals surface area contributed by atoms with Crippen LogP contribution in [0.2, 0.25) is 0 Å². The summed E-state index contributed by atoms with van der Waals surface area (Å²) in [6.07, 6.45) is 0. The van der Waals surface area contributed by atoms with Crippen LogP contribution >= 0.6 is 0 Å². The third-order valence-corrected chi connectivity index (χ3v) is 5.62. The Hall–Kier alpha value is -3.21. The summed E-state index contributed by atoms with van der Waals surface area (Å²) in [6.45, 7) is -0.0484. The van der Waals surface area contributed by atoms with E-state index < -0.39 is 12.1 Å². The second-order valence-corrected chi connectivity index (χ2v) is 8.26. The van der Waals surface area contributed by atoms with Gasteiger partial charge in [-0.3, -0.25) is 9.59 Å². The van der Waals surface area contributed by atoms with Gasteiger partial charge in [-0.05, 0) is 42.9 Å². The molecule has 1 N–H and O–H groups in total. The minimum absolute atomic E-state index is 0.0911. The first-order chi connectivity index (χ1) is 14.8. The molecule has 1 saturated heterocycles. The molecule has 0 spiro atoms. The highest BCUT2D eigenvalue weighted by atomic mass is 16.3. The molecule has 1 aliphatic rings. The largest absolute Gasteiger partial charge is 0.394 e. The van der Waals surface area contributed by atoms with Gasteiger partial charge in [0.25, 0.3) is 5.91 Å². The zero-order chi connectivity index (χ0) is 22.7. The first kappa shape index (κ1) is 22.5. The van der Waals surface area contributed by atoms with Crippen molar-refractivity contribution in [1.82, 2.24) is 14.7 Å². The maximum Gasteiger partial charge on any atom is 0.253 e. The Kier molecular flexibility index (Phi) is 6.74. The highest BCUT2D eigenvalue weighted by Crippen LogP contribution is 2.44. The third-order valence-electron chi connectivity index (χ3n) is 5.62. The molecule has 7 nitrogen and oxygen atoms in total. The number of hydrogen-bond donors (Lipinski definition) is 1. The Labute approximate surface area is 183 Å². The van der Waals surface area contributed by atoms with Crippen molar-refractivity contribution in [3.8, 4) is 17.2 Å². The molecule has 7 heteroatoms. The number of nitriles is 1. The highest BCUT2D eigenvalue weighted by molar-refractivity contribution is 5.95. The van der Waals surface area contributed by atoms with Crippen molar-refractivity contribution in [2.24, 2.45) is 0 Å². The summed E-state index contributed by atoms with van der Waals surface area (Å²) < 4.78 is 0. The highest BCUT2D eigenvalue weighted by Gasteiger charge is 2.52. The van der Waals surface area contributed by atoms with E-state index in [1.807, 2.05) is 42.5 Å². The van der Waals surface area contributed by atoms with Crippen molar-refractivity contribution >= 4 is 11.8 Å². The second-order valence-electron chi connectivity index (χ2n) is 8.26. The van der Waals surface area contributed by atoms with Gasteiger partial charge in [0.1, 0.15) is 6.04 Å². The van der Waals surface area contributed by atoms with E-state index in [-0.39, 0.29) is 30.9 Å². The van der Waals surface area contributed by atoms with Crippen LogP contribution in [0.4, 0.5) is 0 Å². The molecule has 0 saturated carbocycles. The lowest BCUT2D eigenvalue weighted by Gasteiger charge is -2.52. The van der Waals surface area contributed by atoms with Crippen LogP contribution in [0.25, 0.3) is 11.1 Å². The first-order valence-electron chi connectivity index (χ1n) is 10.2. The second kappa shape index (κ2) is 9.29. The van der Waals surface area contributed by atoms with E-state index in [0.717, 1.165) is 16.7 Å². The van der Waals surface area contributed by atoms with E-state index in [2.05, 4.69) is 6.07 Å². The molecule has 0 bridgehead atoms. The average molecular weight is 421 g/mol. The number of amides is 2. The topological polar surface area (TPSA) is 87.9 Å². The molecule has 3 atom stereocenters. The van der Waals surface area contributed by atoms with Crippen LogP contribution in [0, 0.1) is 11.3 Å². The molecule has 162 valence electrons. The molecule has 0 radical (unpaired) electrons. The lowest BCUT2D eigenvalue weighted by molar-refractivity contribution is -0.147. The maximum absolute atomic E-state index is 12.7. The quantitative estimate of drug-likeness (QED) is 0.770. The minimum Gasteiger partial charge on any atom is -0.394 e. The molecule has 31 heavy (non-hydrogen) atoms. The summed E-state index contributed by atoms with van der Waals surface area (Å²) in [5.41, 5.74) is 3.20. The fourth-order valence-electron chi connectivity index (χ4n) is 4.20. The predicted octanol–water partition coefficient (Wildman–Crippen LogP) is 1.80. The number of aliphatic hydroxyl groups excluding tert-OH is 1. The molecule has 1 fully saturated rings. The van der Waals surface area contributed by atoms with Crippen molar-refractivity contribution in [2.75, 3.05) is 41.3 Å². The lowest BCUT2D eigenvalue weighted by Crippen LogP contribution is -2.66. The number of aliphatic hydroxyl groups is 1. The van der Waals surface area contributed by atoms with Crippen LogP contribution in [0.15, 0.2) is 48.5 Å². The summed E-state index contributed by atoms with van der Waals surface area (Å²) >= 11 is 0. The standard InChI is InChI=1S/C24H28N4O3/c1-26(2)14-22(30)28-20(13-25)23(21(28)15-29)19-11-6-5-10-18(19)16-8-7-9-17(12-16)24(31)27(3)4/h5-12,20-21,23,29H,14-15H2,1-4H3/t20-,21-,23-/m0/s1. The molecule has 0 aromatic heterocycles. The predicted molar refractivity (Wildman–Crippen MR) is 118 cm³/mol. The Morgan fingerprint density at radius 2 is 1.81 bits per heavy atom. The molecule has 2 aromatic carbocycles. The van der Waals surface area contributed by atoms with E-state index in [0.29, 0.717) is 5.56 Å². The SMILES string of the molecule is CN(C)CC(=O)N1[C@@H](C#N)[C@H](c2ccccc2-c2cccc(C(=O)N(C)C)c2)[C@@H]1CO. The van der Waals surface area contributed by atoms with Gasteiger partial charge in [-0.15, -0.1) is 0 Å². The molecular formula is C24H28N4O3. The Morgan fingerprint density at radius 3 is 2.42 bits per heavy atom. The number of benzene rings is 2. The van der Waals surface area contributed by atoms with Gasteiger partial charge in [0.2, 0.25) is 5.91 Å². The molecule has 2 aromatic rings. The average Bonchev–Trinajstić information content (AvgIpc) is 2.73. The molecular weight excluding hydrogens is 392 g/mol. The van der Waals surface area contributed by atoms with E-state index in [4.69, 9.17) is 0 Å². The van der Waals surface area contributed by atoms with Crippen LogP contribution in [-0.2, 0) is 4.79 Å². The van der Waals surface area contributed by atoms with Crippen LogP contribution in [-0.4, -0.2) is 85.0 Å². The molecule has 3 rings (SSSR count). The summed E-state index contributed by atoms with van der Waals surface area (Å²) in [6, 6.07) is 16.2. The van der Waals surface area contributed by atoms with Crippen LogP contribution in [0.1, 0.15) is 21.8 Å². The number of carbonyl (C=O) groups excluding carboxylic acids is 2. The van der Waals surface area contributed by atoms with Crippen LogP contribution < -0.4 is 0 Å². The number of likely N-dealkylation sites (N-methyl/N-ethyl adjacent to an activating group) is 1. The monoisotopic (exact) mass is 420 g/mol. The van der Waals surface area contributed by atoms with Crippen molar-refractivity contribution in [3.63, 3.8) is 0 Å². The maximum atomic E-state index is 12.7. The summed E-state index contributed by atoms with van der Waals surface area (Å²) in [5.74, 6) is -0.583. The van der Waals surface area contributed by atoms with Crippen LogP contribution in [0.3, 0.4) is 0 Å². The third kappa shape index (κ3) is 4.31. The molecule has 1 aliphatic heterocycles. The van der Waals surface area contributed by atoms with Gasteiger partial charge >= 0.3 is 0 Å². The van der Waals surface area contributed by atoms with Crippen molar-refractivity contribution in [1.29, 1.82) is 5.26 Å². The van der Waals surface area contributed by atoms with Gasteiger partial charge in [-0.25, -0.2) is 0 Å². The van der Waals surface area contributed by atoms with Crippen molar-refractivity contribution < 1.29 is 14.7 Å². The van der Waals surface area contributed by atoms with Crippen molar-refractivity contribution in [2.45, 2.75) is 18.0 Å². The van der Waals surface area contributed by atoms with E-state index in [9.17, 15) is 20.0 Å². The number of carbonyl (C=O) groups is 2. The Morgan fingerprint density at radius 1 is 1.10 bits per heavy atom. The summed E-state index contributed by atoms with van der Waals surface area (Å²) in [7, 11) is 7.00. The van der Waals surface area contributed by atoms with Gasteiger partial charge in [-0.2, -0.15) is 5.26 Å². The fourth-order valence-corrected chi connectivity index (χ4v) is 4.20. The number of hydrogen-bond acceptors (Lipinski definition) is 5. The van der Waals surface area contributed by atoms with E-state index >= 15 is 0 Å². The smallest absolute Gasteiger partial charge is 0.253 e. The fraction of sp³-hybridized carbons (Fsp3) is 0.375. The molecule has 0 aliphatic carbocycles. The first-order valence-corrected chi connectivity index (χ1v) is 10.2. The molecule has 1 heterocycles. The van der Waals surface area contributed by atoms with Gasteiger partial charge < -0.3 is 19.8 Å². The van der Waals surface area contributed by atoms with E-state index in [1.165, 1.54) is 9.80 Å². The normalized spacial score (nSPS) is 20.2. The molecule has 0 unspecified atom stereocenters. The van der Waals surface area contributed by atoms with Gasteiger partial charge in [-0.1, -0.05) is 36.4 Å². The minimum atomic E-state index is -0.655. The summed E-state index contributed by atoms with van der Waals surface area (Å²) in [5, 5.41) is 19.9. The van der Waals surface area contributed by atoms with Crippen molar-refractivity contribution in [3.05, 3.63) is 59.7 Å². The number of likely N-dealkylation sites (tertiary alicyclic amines) is 1. The van der Waals surface area contributed by atoms with Gasteiger partial charge in [0, 0.05) is 25.6 Å². The van der Waals surface area contributed by atoms with Gasteiger partial charge in [0.15, 0.2) is 0 Å². The number of rotatable bonds is 6. The summed E-state index contributed by atoms with van der Waals surface area (Å²) in [4.78, 5) is 29.9. The Balaban J connectivity index is 2.01. The van der Waals surface area contributed by atoms with Gasteiger partial charge in [0.05, 0.1) is 25.3 Å². The number of nitrogens with zero attached hydrogens (tertiary/aromatic N) is 4. The van der Waals surface area contributed by atoms with E-state index in [1.54, 1.807) is 39.2 Å². The zero-order valence-corrected chi connectivity index (χ0v) is 18.3. The molecule has 2 amide bonds. The lowest BCUT2D eigenvalue weighted by atomic mass is 9.73. The zero-order valence-electron chi connectivity index (χ0n) is 18.3.